The van der Waals surface area contributed by atoms with Crippen molar-refractivity contribution in [3.8, 4) is 0 Å². The minimum atomic E-state index is -0.264. The number of esters is 2. The molecule has 2 saturated heterocycles. The first-order valence-electron chi connectivity index (χ1n) is 4.08. The van der Waals surface area contributed by atoms with Crippen LogP contribution in [-0.2, 0) is 28.5 Å². The summed E-state index contributed by atoms with van der Waals surface area (Å²) in [5, 5.41) is 0. The number of hydrogen-bond donors (Lipinski definition) is 0. The largest absolute Gasteiger partial charge is 0.467 e. The molecule has 0 spiro atoms. The molecule has 0 amide bonds. The van der Waals surface area contributed by atoms with Gasteiger partial charge in [-0.2, -0.15) is 0 Å². The van der Waals surface area contributed by atoms with Crippen LogP contribution >= 0.6 is 0 Å². The fourth-order valence-electron chi connectivity index (χ4n) is 0.631. The van der Waals surface area contributed by atoms with Crippen molar-refractivity contribution >= 4 is 11.9 Å². The molecule has 0 aromatic rings. The van der Waals surface area contributed by atoms with E-state index in [2.05, 4.69) is 18.9 Å². The Morgan fingerprint density at radius 3 is 1.36 bits per heavy atom. The Morgan fingerprint density at radius 1 is 1.00 bits per heavy atom. The molecule has 2 heterocycles. The number of carbonyl (C=O) groups excluding carboxylic acids is 2. The van der Waals surface area contributed by atoms with E-state index in [-0.39, 0.29) is 24.1 Å². The zero-order chi connectivity index (χ0) is 10.6. The molecule has 2 rings (SSSR count). The van der Waals surface area contributed by atoms with Crippen molar-refractivity contribution in [1.82, 2.24) is 0 Å². The average molecular weight is 204 g/mol. The molecule has 0 bridgehead atoms. The summed E-state index contributed by atoms with van der Waals surface area (Å²) in [5.41, 5.74) is 0. The number of hydrogen-bond acceptors (Lipinski definition) is 6. The van der Waals surface area contributed by atoms with Crippen LogP contribution in [0.2, 0.25) is 0 Å². The molecule has 80 valence electrons. The lowest BCUT2D eigenvalue weighted by Gasteiger charge is -1.87. The van der Waals surface area contributed by atoms with Gasteiger partial charge in [-0.15, -0.1) is 0 Å². The number of ether oxygens (including phenoxy) is 4. The van der Waals surface area contributed by atoms with Crippen LogP contribution in [0.4, 0.5) is 0 Å². The molecule has 0 unspecified atom stereocenters. The molecule has 0 N–H and O–H groups in total. The Morgan fingerprint density at radius 2 is 1.29 bits per heavy atom. The molecule has 2 fully saturated rings. The van der Waals surface area contributed by atoms with E-state index in [0.717, 1.165) is 0 Å². The van der Waals surface area contributed by atoms with Gasteiger partial charge in [0.05, 0.1) is 27.4 Å². The van der Waals surface area contributed by atoms with Crippen LogP contribution in [0, 0.1) is 0 Å². The van der Waals surface area contributed by atoms with E-state index in [0.29, 0.717) is 13.2 Å². The fourth-order valence-corrected chi connectivity index (χ4v) is 0.631. The Labute approximate surface area is 81.1 Å². The molecular weight excluding hydrogens is 192 g/mol. The highest BCUT2D eigenvalue weighted by Crippen LogP contribution is 2.09. The van der Waals surface area contributed by atoms with Crippen LogP contribution < -0.4 is 0 Å². The summed E-state index contributed by atoms with van der Waals surface area (Å²) in [7, 11) is 2.70. The minimum Gasteiger partial charge on any atom is -0.467 e. The van der Waals surface area contributed by atoms with Gasteiger partial charge in [0.25, 0.3) is 0 Å². The summed E-state index contributed by atoms with van der Waals surface area (Å²) in [6.07, 6.45) is -0.491. The highest BCUT2D eigenvalue weighted by Gasteiger charge is 2.32. The molecule has 0 radical (unpaired) electrons. The van der Waals surface area contributed by atoms with E-state index in [4.69, 9.17) is 0 Å². The maximum Gasteiger partial charge on any atom is 0.337 e. The molecule has 2 atom stereocenters. The number of methoxy groups -OCH3 is 2. The SMILES string of the molecule is COC(=O)[C@@H]1CO1.COC(=O)[C@H]1CO1. The predicted octanol–water partition coefficient (Wildman–Crippen LogP) is -0.884. The van der Waals surface area contributed by atoms with Crippen molar-refractivity contribution in [2.75, 3.05) is 27.4 Å². The second kappa shape index (κ2) is 4.92. The highest BCUT2D eigenvalue weighted by atomic mass is 16.6. The molecule has 2 aliphatic heterocycles. The van der Waals surface area contributed by atoms with Gasteiger partial charge in [-0.05, 0) is 0 Å². The lowest BCUT2D eigenvalue weighted by Crippen LogP contribution is -2.07. The van der Waals surface area contributed by atoms with E-state index in [1.807, 2.05) is 0 Å². The van der Waals surface area contributed by atoms with E-state index >= 15 is 0 Å². The fraction of sp³-hybridized carbons (Fsp3) is 0.750. The van der Waals surface area contributed by atoms with Crippen LogP contribution in [0.5, 0.6) is 0 Å². The molecular formula is C8H12O6. The quantitative estimate of drug-likeness (QED) is 0.429. The Bertz CT molecular complexity index is 194. The van der Waals surface area contributed by atoms with Crippen molar-refractivity contribution in [2.45, 2.75) is 12.2 Å². The van der Waals surface area contributed by atoms with Crippen molar-refractivity contribution < 1.29 is 28.5 Å². The van der Waals surface area contributed by atoms with E-state index in [1.54, 1.807) is 0 Å². The van der Waals surface area contributed by atoms with Gasteiger partial charge in [0.2, 0.25) is 0 Å². The summed E-state index contributed by atoms with van der Waals surface area (Å²) < 4.78 is 17.8. The Balaban J connectivity index is 0.000000140. The first kappa shape index (κ1) is 10.9. The Hall–Kier alpha value is -1.14. The lowest BCUT2D eigenvalue weighted by molar-refractivity contribution is -0.142. The molecule has 0 aliphatic carbocycles. The molecule has 14 heavy (non-hydrogen) atoms. The third-order valence-corrected chi connectivity index (χ3v) is 1.59. The van der Waals surface area contributed by atoms with Crippen LogP contribution in [0.1, 0.15) is 0 Å². The van der Waals surface area contributed by atoms with Gasteiger partial charge in [0.15, 0.2) is 12.2 Å². The van der Waals surface area contributed by atoms with E-state index < -0.39 is 0 Å². The first-order chi connectivity index (χ1) is 6.69. The molecule has 6 heteroatoms. The smallest absolute Gasteiger partial charge is 0.337 e. The van der Waals surface area contributed by atoms with Crippen LogP contribution in [0.15, 0.2) is 0 Å². The Kier molecular flexibility index (Phi) is 3.84. The van der Waals surface area contributed by atoms with Gasteiger partial charge in [-0.25, -0.2) is 9.59 Å². The van der Waals surface area contributed by atoms with Gasteiger partial charge in [0.1, 0.15) is 0 Å². The number of epoxide rings is 2. The highest BCUT2D eigenvalue weighted by molar-refractivity contribution is 5.77. The second-order valence-corrected chi connectivity index (χ2v) is 2.69. The van der Waals surface area contributed by atoms with Crippen LogP contribution in [0.3, 0.4) is 0 Å². The van der Waals surface area contributed by atoms with Gasteiger partial charge in [0, 0.05) is 0 Å². The summed E-state index contributed by atoms with van der Waals surface area (Å²) in [6.45, 7) is 1.07. The van der Waals surface area contributed by atoms with Crippen molar-refractivity contribution in [2.24, 2.45) is 0 Å². The van der Waals surface area contributed by atoms with Gasteiger partial charge in [-0.1, -0.05) is 0 Å². The number of carbonyl (C=O) groups is 2. The van der Waals surface area contributed by atoms with Crippen LogP contribution in [-0.4, -0.2) is 51.6 Å². The summed E-state index contributed by atoms with van der Waals surface area (Å²) in [5.74, 6) is -0.528. The third-order valence-electron chi connectivity index (χ3n) is 1.59. The standard InChI is InChI=1S/2C4H6O3/c2*1-6-4(5)3-2-7-3/h2*3H,2H2,1H3/t2*3-/m10/s1. The minimum absolute atomic E-state index is 0.245. The summed E-state index contributed by atoms with van der Waals surface area (Å²) >= 11 is 0. The normalized spacial score (nSPS) is 26.7. The predicted molar refractivity (Wildman–Crippen MR) is 43.5 cm³/mol. The topological polar surface area (TPSA) is 77.7 Å². The molecule has 2 aliphatic rings. The average Bonchev–Trinajstić information content (AvgIpc) is 3.07. The molecule has 0 aromatic carbocycles. The zero-order valence-corrected chi connectivity index (χ0v) is 8.02. The van der Waals surface area contributed by atoms with Crippen molar-refractivity contribution in [3.05, 3.63) is 0 Å². The van der Waals surface area contributed by atoms with Gasteiger partial charge >= 0.3 is 11.9 Å². The maximum absolute atomic E-state index is 10.2. The molecule has 6 nitrogen and oxygen atoms in total. The maximum atomic E-state index is 10.2. The summed E-state index contributed by atoms with van der Waals surface area (Å²) in [4.78, 5) is 20.5. The third kappa shape index (κ3) is 3.71. The van der Waals surface area contributed by atoms with Crippen molar-refractivity contribution in [1.29, 1.82) is 0 Å². The van der Waals surface area contributed by atoms with Crippen LogP contribution in [0.25, 0.3) is 0 Å². The first-order valence-corrected chi connectivity index (χ1v) is 4.08. The summed E-state index contributed by atoms with van der Waals surface area (Å²) in [6, 6.07) is 0. The van der Waals surface area contributed by atoms with E-state index in [9.17, 15) is 9.59 Å². The zero-order valence-electron chi connectivity index (χ0n) is 8.02. The van der Waals surface area contributed by atoms with Gasteiger partial charge in [-0.3, -0.25) is 0 Å². The molecule has 0 saturated carbocycles. The number of rotatable bonds is 2. The molecule has 0 aromatic heterocycles. The lowest BCUT2D eigenvalue weighted by atomic mass is 10.5. The monoisotopic (exact) mass is 204 g/mol. The van der Waals surface area contributed by atoms with E-state index in [1.165, 1.54) is 14.2 Å². The second-order valence-electron chi connectivity index (χ2n) is 2.69. The van der Waals surface area contributed by atoms with Gasteiger partial charge < -0.3 is 18.9 Å². The van der Waals surface area contributed by atoms with Crippen molar-refractivity contribution in [3.63, 3.8) is 0 Å².